The monoisotopic (exact) mass is 210 g/mol. The van der Waals surface area contributed by atoms with Gasteiger partial charge >= 0.3 is 6.03 Å². The van der Waals surface area contributed by atoms with Gasteiger partial charge in [-0.3, -0.25) is 0 Å². The van der Waals surface area contributed by atoms with Gasteiger partial charge in [-0.2, -0.15) is 5.11 Å². The Morgan fingerprint density at radius 1 is 1.36 bits per heavy atom. The normalized spacial score (nSPS) is 20.6. The molecule has 0 aliphatic carbocycles. The zero-order valence-electron chi connectivity index (χ0n) is 7.09. The van der Waals surface area contributed by atoms with Crippen LogP contribution in [0.1, 0.15) is 11.7 Å². The van der Waals surface area contributed by atoms with Gasteiger partial charge in [-0.25, -0.2) is 15.6 Å². The highest BCUT2D eigenvalue weighted by molar-refractivity contribution is 6.30. The van der Waals surface area contributed by atoms with Crippen LogP contribution >= 0.6 is 11.6 Å². The third-order valence-corrected chi connectivity index (χ3v) is 2.16. The van der Waals surface area contributed by atoms with Crippen LogP contribution in [0.4, 0.5) is 4.79 Å². The second kappa shape index (κ2) is 3.36. The number of benzene rings is 1. The van der Waals surface area contributed by atoms with Crippen molar-refractivity contribution in [3.8, 4) is 0 Å². The van der Waals surface area contributed by atoms with Gasteiger partial charge in [0.1, 0.15) is 0 Å². The Hall–Kier alpha value is -1.46. The molecule has 14 heavy (non-hydrogen) atoms. The lowest BCUT2D eigenvalue weighted by Crippen LogP contribution is -2.34. The maximum absolute atomic E-state index is 10.9. The van der Waals surface area contributed by atoms with E-state index in [1.165, 1.54) is 0 Å². The van der Waals surface area contributed by atoms with E-state index in [2.05, 4.69) is 10.2 Å². The van der Waals surface area contributed by atoms with Gasteiger partial charge in [-0.05, 0) is 17.7 Å². The Kier molecular flexibility index (Phi) is 2.18. The Bertz CT molecular complexity index is 389. The highest BCUT2D eigenvalue weighted by Crippen LogP contribution is 2.26. The maximum atomic E-state index is 10.9. The first kappa shape index (κ1) is 9.11. The first-order valence-electron chi connectivity index (χ1n) is 3.92. The summed E-state index contributed by atoms with van der Waals surface area (Å²) in [5, 5.41) is 8.68. The van der Waals surface area contributed by atoms with Crippen LogP contribution in [0.2, 0.25) is 5.02 Å². The Balaban J connectivity index is 2.28. The van der Waals surface area contributed by atoms with E-state index in [1.807, 2.05) is 0 Å². The molecule has 1 atom stereocenters. The van der Waals surface area contributed by atoms with Crippen molar-refractivity contribution in [2.75, 3.05) is 0 Å². The van der Waals surface area contributed by atoms with Gasteiger partial charge < -0.3 is 0 Å². The van der Waals surface area contributed by atoms with Gasteiger partial charge in [0, 0.05) is 5.02 Å². The average molecular weight is 211 g/mol. The summed E-state index contributed by atoms with van der Waals surface area (Å²) < 4.78 is 0. The minimum absolute atomic E-state index is 0.528. The number of urea groups is 1. The van der Waals surface area contributed by atoms with Crippen molar-refractivity contribution in [1.82, 2.24) is 5.01 Å². The fraction of sp³-hybridized carbons (Fsp3) is 0.125. The second-order valence-corrected chi connectivity index (χ2v) is 3.27. The molecule has 0 fully saturated rings. The molecule has 1 unspecified atom stereocenters. The summed E-state index contributed by atoms with van der Waals surface area (Å²) in [6, 6.07) is 6.39. The molecule has 72 valence electrons. The molecule has 0 aromatic heterocycles. The van der Waals surface area contributed by atoms with Gasteiger partial charge in [-0.1, -0.05) is 28.8 Å². The number of nitrogens with two attached hydrogens (primary N) is 1. The number of hydrogen-bond donors (Lipinski definition) is 1. The number of halogens is 1. The van der Waals surface area contributed by atoms with Gasteiger partial charge in [0.15, 0.2) is 6.17 Å². The van der Waals surface area contributed by atoms with E-state index in [9.17, 15) is 4.79 Å². The summed E-state index contributed by atoms with van der Waals surface area (Å²) in [7, 11) is 0. The van der Waals surface area contributed by atoms with E-state index >= 15 is 0 Å². The maximum Gasteiger partial charge on any atom is 0.378 e. The van der Waals surface area contributed by atoms with Crippen molar-refractivity contribution < 1.29 is 4.79 Å². The van der Waals surface area contributed by atoms with Crippen molar-refractivity contribution in [3.63, 3.8) is 0 Å². The van der Waals surface area contributed by atoms with Crippen molar-refractivity contribution in [2.45, 2.75) is 6.17 Å². The molecule has 1 aliphatic rings. The first-order chi connectivity index (χ1) is 6.68. The van der Waals surface area contributed by atoms with Crippen LogP contribution in [0, 0.1) is 0 Å². The summed E-state index contributed by atoms with van der Waals surface area (Å²) >= 11 is 5.72. The number of nitrogens with zero attached hydrogens (tertiary/aromatic N) is 3. The SMILES string of the molecule is NN1C(=O)N=NC1c1ccc(Cl)cc1. The third-order valence-electron chi connectivity index (χ3n) is 1.91. The summed E-state index contributed by atoms with van der Waals surface area (Å²) in [4.78, 5) is 10.9. The fourth-order valence-corrected chi connectivity index (χ4v) is 1.30. The Morgan fingerprint density at radius 3 is 2.50 bits per heavy atom. The molecule has 2 N–H and O–H groups in total. The van der Waals surface area contributed by atoms with Crippen LogP contribution in [0.3, 0.4) is 0 Å². The van der Waals surface area contributed by atoms with E-state index in [4.69, 9.17) is 17.4 Å². The minimum atomic E-state index is -0.537. The number of hydrogen-bond acceptors (Lipinski definition) is 3. The lowest BCUT2D eigenvalue weighted by atomic mass is 10.2. The molecule has 0 bridgehead atoms. The second-order valence-electron chi connectivity index (χ2n) is 2.83. The zero-order chi connectivity index (χ0) is 10.1. The van der Waals surface area contributed by atoms with Crippen molar-refractivity contribution in [3.05, 3.63) is 34.9 Å². The molecule has 1 aromatic rings. The standard InChI is InChI=1S/C8H7ClN4O/c9-6-3-1-5(2-4-6)7-11-12-8(14)13(7)10/h1-4,7H,10H2. The highest BCUT2D eigenvalue weighted by Gasteiger charge is 2.27. The number of carbonyl (C=O) groups is 1. The molecule has 2 rings (SSSR count). The Morgan fingerprint density at radius 2 is 2.00 bits per heavy atom. The van der Waals surface area contributed by atoms with Crippen LogP contribution in [0.15, 0.2) is 34.5 Å². The lowest BCUT2D eigenvalue weighted by molar-refractivity contribution is 0.203. The third kappa shape index (κ3) is 1.47. The van der Waals surface area contributed by atoms with Gasteiger partial charge in [0.2, 0.25) is 0 Å². The lowest BCUT2D eigenvalue weighted by Gasteiger charge is -2.14. The Labute approximate surface area is 85.1 Å². The van der Waals surface area contributed by atoms with E-state index in [1.54, 1.807) is 24.3 Å². The summed E-state index contributed by atoms with van der Waals surface area (Å²) in [6.45, 7) is 0. The molecule has 5 nitrogen and oxygen atoms in total. The number of azo groups is 1. The van der Waals surface area contributed by atoms with E-state index in [0.717, 1.165) is 10.6 Å². The minimum Gasteiger partial charge on any atom is -0.243 e. The van der Waals surface area contributed by atoms with Crippen molar-refractivity contribution in [1.29, 1.82) is 0 Å². The molecule has 0 radical (unpaired) electrons. The largest absolute Gasteiger partial charge is 0.378 e. The van der Waals surface area contributed by atoms with Crippen molar-refractivity contribution >= 4 is 17.6 Å². The summed E-state index contributed by atoms with van der Waals surface area (Å²) in [5.41, 5.74) is 0.784. The van der Waals surface area contributed by atoms with E-state index in [0.29, 0.717) is 5.02 Å². The van der Waals surface area contributed by atoms with Crippen LogP contribution in [-0.2, 0) is 0 Å². The van der Waals surface area contributed by atoms with Gasteiger partial charge in [-0.15, -0.1) is 0 Å². The molecule has 1 heterocycles. The molecule has 1 aliphatic heterocycles. The number of rotatable bonds is 1. The van der Waals surface area contributed by atoms with Crippen molar-refractivity contribution in [2.24, 2.45) is 16.1 Å². The summed E-state index contributed by atoms with van der Waals surface area (Å²) in [5.74, 6) is 5.46. The topological polar surface area (TPSA) is 71.0 Å². The predicted molar refractivity (Wildman–Crippen MR) is 50.5 cm³/mol. The molecule has 2 amide bonds. The number of carbonyl (C=O) groups excluding carboxylic acids is 1. The molecular formula is C8H7ClN4O. The molecule has 6 heteroatoms. The predicted octanol–water partition coefficient (Wildman–Crippen LogP) is 2.10. The number of hydrazine groups is 1. The molecule has 0 saturated carbocycles. The quantitative estimate of drug-likeness (QED) is 0.570. The molecule has 0 spiro atoms. The first-order valence-corrected chi connectivity index (χ1v) is 4.30. The zero-order valence-corrected chi connectivity index (χ0v) is 7.85. The molecule has 1 aromatic carbocycles. The smallest absolute Gasteiger partial charge is 0.243 e. The van der Waals surface area contributed by atoms with Crippen LogP contribution in [-0.4, -0.2) is 11.0 Å². The summed E-state index contributed by atoms with van der Waals surface area (Å²) in [6.07, 6.45) is -0.528. The fourth-order valence-electron chi connectivity index (χ4n) is 1.18. The average Bonchev–Trinajstić information content (AvgIpc) is 2.50. The highest BCUT2D eigenvalue weighted by atomic mass is 35.5. The van der Waals surface area contributed by atoms with E-state index < -0.39 is 12.2 Å². The van der Waals surface area contributed by atoms with E-state index in [-0.39, 0.29) is 0 Å². The van der Waals surface area contributed by atoms with Gasteiger partial charge in [0.05, 0.1) is 0 Å². The number of amides is 2. The molecular weight excluding hydrogens is 204 g/mol. The van der Waals surface area contributed by atoms with Crippen LogP contribution < -0.4 is 5.84 Å². The van der Waals surface area contributed by atoms with Crippen LogP contribution in [0.25, 0.3) is 0 Å². The molecule has 0 saturated heterocycles. The van der Waals surface area contributed by atoms with Gasteiger partial charge in [0.25, 0.3) is 0 Å². The van der Waals surface area contributed by atoms with Crippen LogP contribution in [0.5, 0.6) is 0 Å².